The first-order valence-corrected chi connectivity index (χ1v) is 7.34. The van der Waals surface area contributed by atoms with E-state index in [0.717, 1.165) is 27.6 Å². The van der Waals surface area contributed by atoms with Crippen molar-refractivity contribution in [3.63, 3.8) is 0 Å². The Bertz CT molecular complexity index is 895. The molecule has 4 rings (SSSR count). The molecule has 0 radical (unpaired) electrons. The van der Waals surface area contributed by atoms with Crippen LogP contribution in [0, 0.1) is 5.82 Å². The van der Waals surface area contributed by atoms with Crippen LogP contribution in [-0.4, -0.2) is 14.5 Å². The van der Waals surface area contributed by atoms with Gasteiger partial charge >= 0.3 is 0 Å². The van der Waals surface area contributed by atoms with Crippen molar-refractivity contribution >= 4 is 22.5 Å². The summed E-state index contributed by atoms with van der Waals surface area (Å²) in [5.41, 5.74) is 2.44. The second kappa shape index (κ2) is 4.79. The molecule has 0 bridgehead atoms. The Hall–Kier alpha value is -2.53. The number of hydrogen-bond donors (Lipinski definition) is 0. The first-order valence-electron chi connectivity index (χ1n) is 6.46. The first kappa shape index (κ1) is 12.2. The van der Waals surface area contributed by atoms with Gasteiger partial charge in [0, 0.05) is 11.9 Å². The average molecular weight is 295 g/mol. The fourth-order valence-electron chi connectivity index (χ4n) is 2.32. The standard InChI is InChI=1S/C16H10FN3S/c17-11-5-7-12(8-6-11)20-15-13(3-1-9-18-15)19-16(20)14-4-2-10-21-14/h1-10H. The summed E-state index contributed by atoms with van der Waals surface area (Å²) in [4.78, 5) is 10.1. The van der Waals surface area contributed by atoms with Crippen molar-refractivity contribution in [3.8, 4) is 16.4 Å². The van der Waals surface area contributed by atoms with Gasteiger partial charge in [0.15, 0.2) is 11.5 Å². The van der Waals surface area contributed by atoms with Gasteiger partial charge in [0.05, 0.1) is 4.88 Å². The molecule has 3 aromatic heterocycles. The molecule has 0 spiro atoms. The van der Waals surface area contributed by atoms with E-state index < -0.39 is 0 Å². The van der Waals surface area contributed by atoms with Gasteiger partial charge in [-0.25, -0.2) is 14.4 Å². The van der Waals surface area contributed by atoms with Crippen molar-refractivity contribution in [2.75, 3.05) is 0 Å². The minimum Gasteiger partial charge on any atom is -0.276 e. The van der Waals surface area contributed by atoms with Gasteiger partial charge in [-0.2, -0.15) is 0 Å². The molecule has 0 aliphatic heterocycles. The van der Waals surface area contributed by atoms with E-state index in [1.54, 1.807) is 29.7 Å². The number of benzene rings is 1. The van der Waals surface area contributed by atoms with Crippen molar-refractivity contribution in [2.24, 2.45) is 0 Å². The molecule has 21 heavy (non-hydrogen) atoms. The zero-order valence-electron chi connectivity index (χ0n) is 10.9. The number of rotatable bonds is 2. The zero-order valence-corrected chi connectivity index (χ0v) is 11.7. The van der Waals surface area contributed by atoms with E-state index in [1.807, 2.05) is 34.2 Å². The molecule has 0 unspecified atom stereocenters. The SMILES string of the molecule is Fc1ccc(-n2c(-c3cccs3)nc3cccnc32)cc1. The van der Waals surface area contributed by atoms with Gasteiger partial charge in [0.25, 0.3) is 0 Å². The van der Waals surface area contributed by atoms with Crippen molar-refractivity contribution in [1.29, 1.82) is 0 Å². The third-order valence-electron chi connectivity index (χ3n) is 3.24. The van der Waals surface area contributed by atoms with E-state index in [9.17, 15) is 4.39 Å². The van der Waals surface area contributed by atoms with E-state index in [-0.39, 0.29) is 5.82 Å². The second-order valence-electron chi connectivity index (χ2n) is 4.57. The molecule has 5 heteroatoms. The van der Waals surface area contributed by atoms with Crippen molar-refractivity contribution in [1.82, 2.24) is 14.5 Å². The lowest BCUT2D eigenvalue weighted by atomic mass is 10.3. The number of pyridine rings is 1. The molecular formula is C16H10FN3S. The topological polar surface area (TPSA) is 30.7 Å². The number of nitrogens with zero attached hydrogens (tertiary/aromatic N) is 3. The number of thiophene rings is 1. The number of aromatic nitrogens is 3. The van der Waals surface area contributed by atoms with Gasteiger partial charge < -0.3 is 0 Å². The Kier molecular flexibility index (Phi) is 2.79. The number of halogens is 1. The third kappa shape index (κ3) is 2.02. The van der Waals surface area contributed by atoms with Crippen LogP contribution in [0.4, 0.5) is 4.39 Å². The molecular weight excluding hydrogens is 285 g/mol. The Morgan fingerprint density at radius 2 is 1.86 bits per heavy atom. The fraction of sp³-hybridized carbons (Fsp3) is 0. The molecule has 0 aliphatic rings. The zero-order chi connectivity index (χ0) is 14.2. The summed E-state index contributed by atoms with van der Waals surface area (Å²) in [6.07, 6.45) is 1.74. The molecule has 4 aromatic rings. The maximum absolute atomic E-state index is 13.2. The lowest BCUT2D eigenvalue weighted by molar-refractivity contribution is 0.627. The van der Waals surface area contributed by atoms with Crippen molar-refractivity contribution < 1.29 is 4.39 Å². The van der Waals surface area contributed by atoms with Crippen LogP contribution < -0.4 is 0 Å². The van der Waals surface area contributed by atoms with E-state index >= 15 is 0 Å². The quantitative estimate of drug-likeness (QED) is 0.552. The lowest BCUT2D eigenvalue weighted by Gasteiger charge is -2.07. The normalized spacial score (nSPS) is 11.1. The van der Waals surface area contributed by atoms with E-state index in [0.29, 0.717) is 0 Å². The second-order valence-corrected chi connectivity index (χ2v) is 5.52. The summed E-state index contributed by atoms with van der Waals surface area (Å²) in [5.74, 6) is 0.569. The number of imidazole rings is 1. The summed E-state index contributed by atoms with van der Waals surface area (Å²) in [5, 5.41) is 2.01. The minimum atomic E-state index is -0.256. The first-order chi connectivity index (χ1) is 10.3. The highest BCUT2D eigenvalue weighted by atomic mass is 32.1. The van der Waals surface area contributed by atoms with E-state index in [4.69, 9.17) is 0 Å². The number of hydrogen-bond acceptors (Lipinski definition) is 3. The molecule has 0 atom stereocenters. The maximum Gasteiger partial charge on any atom is 0.164 e. The van der Waals surface area contributed by atoms with Crippen molar-refractivity contribution in [2.45, 2.75) is 0 Å². The van der Waals surface area contributed by atoms with Crippen LogP contribution in [0.1, 0.15) is 0 Å². The minimum absolute atomic E-state index is 0.256. The fourth-order valence-corrected chi connectivity index (χ4v) is 3.02. The van der Waals surface area contributed by atoms with Crippen LogP contribution in [0.2, 0.25) is 0 Å². The molecule has 0 N–H and O–H groups in total. The van der Waals surface area contributed by atoms with Gasteiger partial charge in [0.1, 0.15) is 11.3 Å². The Morgan fingerprint density at radius 1 is 1.00 bits per heavy atom. The molecule has 0 amide bonds. The molecule has 0 saturated carbocycles. The van der Waals surface area contributed by atoms with E-state index in [2.05, 4.69) is 9.97 Å². The van der Waals surface area contributed by atoms with Crippen LogP contribution >= 0.6 is 11.3 Å². The van der Waals surface area contributed by atoms with Crippen LogP contribution in [0.15, 0.2) is 60.1 Å². The highest BCUT2D eigenvalue weighted by Crippen LogP contribution is 2.30. The van der Waals surface area contributed by atoms with Gasteiger partial charge in [-0.3, -0.25) is 4.57 Å². The van der Waals surface area contributed by atoms with Crippen LogP contribution in [0.25, 0.3) is 27.6 Å². The highest BCUT2D eigenvalue weighted by molar-refractivity contribution is 7.13. The molecule has 3 heterocycles. The van der Waals surface area contributed by atoms with Crippen LogP contribution in [0.5, 0.6) is 0 Å². The van der Waals surface area contributed by atoms with Crippen molar-refractivity contribution in [3.05, 3.63) is 65.9 Å². The van der Waals surface area contributed by atoms with E-state index in [1.165, 1.54) is 12.1 Å². The molecule has 102 valence electrons. The summed E-state index contributed by atoms with van der Waals surface area (Å²) in [7, 11) is 0. The summed E-state index contributed by atoms with van der Waals surface area (Å²) in [6, 6.07) is 14.2. The largest absolute Gasteiger partial charge is 0.276 e. The monoisotopic (exact) mass is 295 g/mol. The molecule has 0 saturated heterocycles. The lowest BCUT2D eigenvalue weighted by Crippen LogP contribution is -1.97. The molecule has 3 nitrogen and oxygen atoms in total. The summed E-state index contributed by atoms with van der Waals surface area (Å²) < 4.78 is 15.1. The van der Waals surface area contributed by atoms with Gasteiger partial charge in [0.2, 0.25) is 0 Å². The van der Waals surface area contributed by atoms with Crippen LogP contribution in [-0.2, 0) is 0 Å². The predicted octanol–water partition coefficient (Wildman–Crippen LogP) is 4.29. The van der Waals surface area contributed by atoms with Gasteiger partial charge in [-0.15, -0.1) is 11.3 Å². The average Bonchev–Trinajstić information content (AvgIpc) is 3.15. The Morgan fingerprint density at radius 3 is 2.62 bits per heavy atom. The highest BCUT2D eigenvalue weighted by Gasteiger charge is 2.15. The van der Waals surface area contributed by atoms with Gasteiger partial charge in [-0.05, 0) is 47.8 Å². The number of fused-ring (bicyclic) bond motifs is 1. The molecule has 1 aromatic carbocycles. The maximum atomic E-state index is 13.2. The smallest absolute Gasteiger partial charge is 0.164 e. The predicted molar refractivity (Wildman–Crippen MR) is 82.1 cm³/mol. The Labute approximate surface area is 124 Å². The van der Waals surface area contributed by atoms with Gasteiger partial charge in [-0.1, -0.05) is 6.07 Å². The molecule has 0 aliphatic carbocycles. The van der Waals surface area contributed by atoms with Crippen LogP contribution in [0.3, 0.4) is 0 Å². The third-order valence-corrected chi connectivity index (χ3v) is 4.11. The summed E-state index contributed by atoms with van der Waals surface area (Å²) in [6.45, 7) is 0. The molecule has 0 fully saturated rings. The summed E-state index contributed by atoms with van der Waals surface area (Å²) >= 11 is 1.62. The Balaban J connectivity index is 2.05.